The van der Waals surface area contributed by atoms with Crippen LogP contribution in [0, 0.1) is 0 Å². The van der Waals surface area contributed by atoms with Crippen molar-refractivity contribution in [1.82, 2.24) is 15.4 Å². The zero-order chi connectivity index (χ0) is 15.5. The van der Waals surface area contributed by atoms with Crippen LogP contribution < -0.4 is 10.9 Å². The summed E-state index contributed by atoms with van der Waals surface area (Å²) in [4.78, 5) is 18.7. The lowest BCUT2D eigenvalue weighted by molar-refractivity contribution is -0.137. The van der Waals surface area contributed by atoms with E-state index in [0.717, 1.165) is 12.1 Å². The van der Waals surface area contributed by atoms with Gasteiger partial charge in [0.05, 0.1) is 5.56 Å². The van der Waals surface area contributed by atoms with E-state index in [2.05, 4.69) is 20.8 Å². The van der Waals surface area contributed by atoms with E-state index in [9.17, 15) is 18.0 Å². The lowest BCUT2D eigenvalue weighted by atomic mass is 10.1. The Labute approximate surface area is 118 Å². The molecule has 1 aromatic carbocycles. The molecule has 8 heteroatoms. The van der Waals surface area contributed by atoms with E-state index >= 15 is 0 Å². The minimum Gasteiger partial charge on any atom is -0.282 e. The predicted molar refractivity (Wildman–Crippen MR) is 69.9 cm³/mol. The third-order valence-corrected chi connectivity index (χ3v) is 2.47. The van der Waals surface area contributed by atoms with Crippen molar-refractivity contribution in [2.24, 2.45) is 0 Å². The zero-order valence-corrected chi connectivity index (χ0v) is 10.9. The molecule has 1 heterocycles. The average molecular weight is 296 g/mol. The van der Waals surface area contributed by atoms with Crippen LogP contribution in [0.3, 0.4) is 0 Å². The second-order valence-electron chi connectivity index (χ2n) is 4.15. The van der Waals surface area contributed by atoms with Crippen molar-refractivity contribution in [3.05, 3.63) is 42.1 Å². The smallest absolute Gasteiger partial charge is 0.282 e. The third kappa shape index (κ3) is 3.91. The van der Waals surface area contributed by atoms with Crippen molar-refractivity contribution in [3.8, 4) is 11.4 Å². The molecule has 0 fully saturated rings. The van der Waals surface area contributed by atoms with Crippen LogP contribution in [0.4, 0.5) is 19.0 Å². The number of rotatable bonds is 3. The Morgan fingerprint density at radius 2 is 2.00 bits per heavy atom. The molecule has 2 rings (SSSR count). The van der Waals surface area contributed by atoms with Crippen LogP contribution in [-0.4, -0.2) is 15.9 Å². The molecule has 2 N–H and O–H groups in total. The van der Waals surface area contributed by atoms with E-state index in [4.69, 9.17) is 0 Å². The number of hydrogen-bond acceptors (Lipinski definition) is 4. The number of carbonyl (C=O) groups excluding carboxylic acids is 1. The largest absolute Gasteiger partial charge is 0.416 e. The lowest BCUT2D eigenvalue weighted by Crippen LogP contribution is -2.27. The van der Waals surface area contributed by atoms with Crippen LogP contribution >= 0.6 is 0 Å². The summed E-state index contributed by atoms with van der Waals surface area (Å²) in [6.45, 7) is 1.31. The monoisotopic (exact) mass is 296 g/mol. The normalized spacial score (nSPS) is 11.0. The second-order valence-corrected chi connectivity index (χ2v) is 4.15. The second kappa shape index (κ2) is 5.78. The first-order valence-electron chi connectivity index (χ1n) is 5.89. The number of aromatic nitrogens is 2. The molecule has 0 saturated carbocycles. The number of nitrogens with zero attached hydrogens (tertiary/aromatic N) is 2. The summed E-state index contributed by atoms with van der Waals surface area (Å²) in [5.41, 5.74) is 4.30. The first-order valence-corrected chi connectivity index (χ1v) is 5.89. The first-order chi connectivity index (χ1) is 9.86. The summed E-state index contributed by atoms with van der Waals surface area (Å²) >= 11 is 0. The van der Waals surface area contributed by atoms with Crippen molar-refractivity contribution in [3.63, 3.8) is 0 Å². The summed E-state index contributed by atoms with van der Waals surface area (Å²) in [7, 11) is 0. The Morgan fingerprint density at radius 1 is 1.24 bits per heavy atom. The minimum atomic E-state index is -4.43. The van der Waals surface area contributed by atoms with Gasteiger partial charge in [0.2, 0.25) is 5.91 Å². The van der Waals surface area contributed by atoms with Crippen LogP contribution in [0.1, 0.15) is 12.5 Å². The van der Waals surface area contributed by atoms with E-state index in [0.29, 0.717) is 0 Å². The van der Waals surface area contributed by atoms with Gasteiger partial charge in [-0.3, -0.25) is 15.6 Å². The quantitative estimate of drug-likeness (QED) is 0.854. The van der Waals surface area contributed by atoms with Crippen LogP contribution in [0.5, 0.6) is 0 Å². The van der Waals surface area contributed by atoms with E-state index in [1.165, 1.54) is 31.3 Å². The molecule has 0 bridgehead atoms. The number of hydrogen-bond donors (Lipinski definition) is 2. The van der Waals surface area contributed by atoms with E-state index in [1.54, 1.807) is 0 Å². The highest BCUT2D eigenvalue weighted by Gasteiger charge is 2.30. The maximum absolute atomic E-state index is 12.7. The van der Waals surface area contributed by atoms with Crippen LogP contribution in [0.25, 0.3) is 11.4 Å². The molecule has 0 aliphatic heterocycles. The Balaban J connectivity index is 2.30. The summed E-state index contributed by atoms with van der Waals surface area (Å²) in [5, 5.41) is 0. The van der Waals surface area contributed by atoms with Crippen molar-refractivity contribution in [2.45, 2.75) is 13.1 Å². The SMILES string of the molecule is CC(=O)NNc1ccnc(-c2cccc(C(F)(F)F)c2)n1. The van der Waals surface area contributed by atoms with Gasteiger partial charge >= 0.3 is 6.18 Å². The minimum absolute atomic E-state index is 0.122. The van der Waals surface area contributed by atoms with Gasteiger partial charge in [-0.25, -0.2) is 9.97 Å². The molecule has 0 aliphatic rings. The van der Waals surface area contributed by atoms with Gasteiger partial charge in [-0.1, -0.05) is 12.1 Å². The summed E-state index contributed by atoms with van der Waals surface area (Å²) in [6.07, 6.45) is -3.05. The molecule has 110 valence electrons. The van der Waals surface area contributed by atoms with Gasteiger partial charge in [0.1, 0.15) is 5.82 Å². The molecule has 0 saturated heterocycles. The van der Waals surface area contributed by atoms with Crippen LogP contribution in [-0.2, 0) is 11.0 Å². The third-order valence-electron chi connectivity index (χ3n) is 2.47. The fraction of sp³-hybridized carbons (Fsp3) is 0.154. The molecule has 0 unspecified atom stereocenters. The van der Waals surface area contributed by atoms with Crippen molar-refractivity contribution < 1.29 is 18.0 Å². The number of anilines is 1. The van der Waals surface area contributed by atoms with Gasteiger partial charge in [-0.2, -0.15) is 13.2 Å². The predicted octanol–water partition coefficient (Wildman–Crippen LogP) is 2.63. The Bertz CT molecular complexity index is 658. The molecule has 0 radical (unpaired) electrons. The summed E-state index contributed by atoms with van der Waals surface area (Å²) < 4.78 is 38.0. The molecule has 1 amide bonds. The molecule has 0 atom stereocenters. The fourth-order valence-electron chi connectivity index (χ4n) is 1.55. The Hall–Kier alpha value is -2.64. The number of nitrogens with one attached hydrogen (secondary N) is 2. The lowest BCUT2D eigenvalue weighted by Gasteiger charge is -2.09. The molecule has 2 aromatic rings. The zero-order valence-electron chi connectivity index (χ0n) is 10.9. The summed E-state index contributed by atoms with van der Waals surface area (Å²) in [6, 6.07) is 6.19. The van der Waals surface area contributed by atoms with E-state index in [-0.39, 0.29) is 23.1 Å². The van der Waals surface area contributed by atoms with Crippen molar-refractivity contribution >= 4 is 11.7 Å². The molecule has 0 aliphatic carbocycles. The highest BCUT2D eigenvalue weighted by atomic mass is 19.4. The fourth-order valence-corrected chi connectivity index (χ4v) is 1.55. The number of halogens is 3. The molecule has 21 heavy (non-hydrogen) atoms. The summed E-state index contributed by atoms with van der Waals surface area (Å²) in [5.74, 6) is 0.0679. The number of amides is 1. The molecular weight excluding hydrogens is 285 g/mol. The average Bonchev–Trinajstić information content (AvgIpc) is 2.45. The van der Waals surface area contributed by atoms with Gasteiger partial charge in [-0.05, 0) is 12.1 Å². The van der Waals surface area contributed by atoms with Gasteiger partial charge in [0.25, 0.3) is 0 Å². The standard InChI is InChI=1S/C13H11F3N4O/c1-8(21)19-20-11-5-6-17-12(18-11)9-3-2-4-10(7-9)13(14,15)16/h2-7H,1H3,(H,19,21)(H,17,18,20). The number of carbonyl (C=O) groups is 1. The van der Waals surface area contributed by atoms with Crippen LogP contribution in [0.2, 0.25) is 0 Å². The molecule has 1 aromatic heterocycles. The van der Waals surface area contributed by atoms with Crippen LogP contribution in [0.15, 0.2) is 36.5 Å². The van der Waals surface area contributed by atoms with Crippen molar-refractivity contribution in [2.75, 3.05) is 5.43 Å². The highest BCUT2D eigenvalue weighted by molar-refractivity contribution is 5.74. The molecule has 0 spiro atoms. The van der Waals surface area contributed by atoms with E-state index < -0.39 is 11.7 Å². The van der Waals surface area contributed by atoms with E-state index in [1.807, 2.05) is 0 Å². The maximum Gasteiger partial charge on any atom is 0.416 e. The Kier molecular flexibility index (Phi) is 4.06. The van der Waals surface area contributed by atoms with Gasteiger partial charge < -0.3 is 0 Å². The molecular formula is C13H11F3N4O. The number of benzene rings is 1. The number of alkyl halides is 3. The van der Waals surface area contributed by atoms with Gasteiger partial charge in [0, 0.05) is 24.8 Å². The maximum atomic E-state index is 12.7. The Morgan fingerprint density at radius 3 is 2.67 bits per heavy atom. The topological polar surface area (TPSA) is 66.9 Å². The molecule has 5 nitrogen and oxygen atoms in total. The highest BCUT2D eigenvalue weighted by Crippen LogP contribution is 2.31. The van der Waals surface area contributed by atoms with Crippen molar-refractivity contribution in [1.29, 1.82) is 0 Å². The van der Waals surface area contributed by atoms with Gasteiger partial charge in [0.15, 0.2) is 5.82 Å². The van der Waals surface area contributed by atoms with Gasteiger partial charge in [-0.15, -0.1) is 0 Å². The number of hydrazine groups is 1. The first kappa shape index (κ1) is 14.8.